The van der Waals surface area contributed by atoms with Crippen LogP contribution >= 0.6 is 0 Å². The van der Waals surface area contributed by atoms with Gasteiger partial charge in [0.1, 0.15) is 4.90 Å². The third-order valence-corrected chi connectivity index (χ3v) is 4.85. The Kier molecular flexibility index (Phi) is 3.24. The van der Waals surface area contributed by atoms with Crippen LogP contribution in [0.5, 0.6) is 0 Å². The predicted octanol–water partition coefficient (Wildman–Crippen LogP) is 0.220. The second-order valence-corrected chi connectivity index (χ2v) is 6.66. The highest BCUT2D eigenvalue weighted by Crippen LogP contribution is 2.23. The van der Waals surface area contributed by atoms with Crippen LogP contribution in [0.15, 0.2) is 4.90 Å². The molecule has 0 saturated heterocycles. The van der Waals surface area contributed by atoms with Crippen LogP contribution in [0.2, 0.25) is 0 Å². The Balaban J connectivity index is 2.28. The molecule has 2 N–H and O–H groups in total. The first-order valence-electron chi connectivity index (χ1n) is 5.62. The first kappa shape index (κ1) is 12.5. The van der Waals surface area contributed by atoms with Gasteiger partial charge in [0.25, 0.3) is 0 Å². The monoisotopic (exact) mass is 258 g/mol. The lowest BCUT2D eigenvalue weighted by Gasteiger charge is -2.12. The Morgan fingerprint density at radius 2 is 2.12 bits per heavy atom. The zero-order chi connectivity index (χ0) is 12.6. The minimum absolute atomic E-state index is 0.302. The van der Waals surface area contributed by atoms with E-state index in [1.807, 2.05) is 0 Å². The molecule has 1 heterocycles. The number of H-pyrrole nitrogens is 1. The van der Waals surface area contributed by atoms with Crippen LogP contribution in [0.1, 0.15) is 24.2 Å². The van der Waals surface area contributed by atoms with Crippen LogP contribution < -0.4 is 5.32 Å². The standard InChI is InChI=1S/C10H18N4O2S/c1-7-10(17(15,16)14(2)3)9(13-12-7)6-11-8-4-5-8/h8,11H,4-6H2,1-3H3,(H,12,13). The van der Waals surface area contributed by atoms with Crippen LogP contribution in [-0.2, 0) is 16.6 Å². The lowest BCUT2D eigenvalue weighted by molar-refractivity contribution is 0.518. The predicted molar refractivity (Wildman–Crippen MR) is 64.1 cm³/mol. The fraction of sp³-hybridized carbons (Fsp3) is 0.700. The Morgan fingerprint density at radius 1 is 1.47 bits per heavy atom. The molecule has 0 radical (unpaired) electrons. The average molecular weight is 258 g/mol. The molecule has 2 rings (SSSR count). The molecule has 0 aromatic carbocycles. The van der Waals surface area contributed by atoms with Crippen molar-refractivity contribution in [1.29, 1.82) is 0 Å². The maximum absolute atomic E-state index is 12.1. The molecule has 0 amide bonds. The molecule has 1 aliphatic carbocycles. The zero-order valence-electron chi connectivity index (χ0n) is 10.3. The minimum Gasteiger partial charge on any atom is -0.308 e. The van der Waals surface area contributed by atoms with Gasteiger partial charge in [-0.2, -0.15) is 5.10 Å². The van der Waals surface area contributed by atoms with Gasteiger partial charge in [-0.1, -0.05) is 0 Å². The number of aryl methyl sites for hydroxylation is 1. The highest BCUT2D eigenvalue weighted by Gasteiger charge is 2.28. The molecule has 1 aromatic rings. The molecular formula is C10H18N4O2S. The molecule has 96 valence electrons. The molecule has 0 unspecified atom stereocenters. The summed E-state index contributed by atoms with van der Waals surface area (Å²) in [6.07, 6.45) is 2.33. The lowest BCUT2D eigenvalue weighted by atomic mass is 10.3. The quantitative estimate of drug-likeness (QED) is 0.792. The van der Waals surface area contributed by atoms with Gasteiger partial charge in [-0.15, -0.1) is 0 Å². The molecule has 7 heteroatoms. The van der Waals surface area contributed by atoms with Gasteiger partial charge in [0.15, 0.2) is 0 Å². The van der Waals surface area contributed by atoms with Crippen LogP contribution in [-0.4, -0.2) is 43.1 Å². The molecule has 0 bridgehead atoms. The summed E-state index contributed by atoms with van der Waals surface area (Å²) in [6.45, 7) is 2.22. The largest absolute Gasteiger partial charge is 0.308 e. The Morgan fingerprint density at radius 3 is 2.65 bits per heavy atom. The number of aromatic nitrogens is 2. The second-order valence-electron chi connectivity index (χ2n) is 4.57. The first-order valence-corrected chi connectivity index (χ1v) is 7.06. The number of hydrogen-bond acceptors (Lipinski definition) is 4. The van der Waals surface area contributed by atoms with E-state index in [1.54, 1.807) is 6.92 Å². The highest BCUT2D eigenvalue weighted by atomic mass is 32.2. The zero-order valence-corrected chi connectivity index (χ0v) is 11.1. The summed E-state index contributed by atoms with van der Waals surface area (Å²) in [4.78, 5) is 0.302. The summed E-state index contributed by atoms with van der Waals surface area (Å²) < 4.78 is 25.5. The Bertz CT molecular complexity index is 502. The van der Waals surface area contributed by atoms with E-state index in [2.05, 4.69) is 15.5 Å². The van der Waals surface area contributed by atoms with Gasteiger partial charge in [0, 0.05) is 26.7 Å². The van der Waals surface area contributed by atoms with Crippen molar-refractivity contribution in [2.24, 2.45) is 0 Å². The second kappa shape index (κ2) is 4.40. The van der Waals surface area contributed by atoms with E-state index >= 15 is 0 Å². The topological polar surface area (TPSA) is 78.1 Å². The summed E-state index contributed by atoms with van der Waals surface area (Å²) in [7, 11) is -0.367. The number of rotatable bonds is 5. The maximum atomic E-state index is 12.1. The maximum Gasteiger partial charge on any atom is 0.246 e. The van der Waals surface area contributed by atoms with Crippen LogP contribution in [0.3, 0.4) is 0 Å². The number of sulfonamides is 1. The van der Waals surface area contributed by atoms with Gasteiger partial charge >= 0.3 is 0 Å². The molecule has 1 aromatic heterocycles. The van der Waals surface area contributed by atoms with Gasteiger partial charge in [-0.25, -0.2) is 12.7 Å². The van der Waals surface area contributed by atoms with E-state index in [-0.39, 0.29) is 0 Å². The van der Waals surface area contributed by atoms with Gasteiger partial charge < -0.3 is 5.32 Å². The third-order valence-electron chi connectivity index (χ3n) is 2.84. The van der Waals surface area contributed by atoms with Crippen molar-refractivity contribution < 1.29 is 8.42 Å². The molecule has 0 spiro atoms. The third kappa shape index (κ3) is 2.51. The van der Waals surface area contributed by atoms with E-state index in [4.69, 9.17) is 0 Å². The number of nitrogens with zero attached hydrogens (tertiary/aromatic N) is 2. The molecule has 1 fully saturated rings. The number of aromatic amines is 1. The lowest BCUT2D eigenvalue weighted by Crippen LogP contribution is -2.25. The van der Waals surface area contributed by atoms with E-state index < -0.39 is 10.0 Å². The molecular weight excluding hydrogens is 240 g/mol. The summed E-state index contributed by atoms with van der Waals surface area (Å²) in [5.41, 5.74) is 1.16. The molecule has 1 saturated carbocycles. The minimum atomic E-state index is -3.42. The fourth-order valence-electron chi connectivity index (χ4n) is 1.64. The van der Waals surface area contributed by atoms with Crippen molar-refractivity contribution in [2.75, 3.05) is 14.1 Å². The molecule has 1 aliphatic rings. The smallest absolute Gasteiger partial charge is 0.246 e. The van der Waals surface area contributed by atoms with Gasteiger partial charge in [-0.05, 0) is 19.8 Å². The fourth-order valence-corrected chi connectivity index (χ4v) is 2.86. The Hall–Kier alpha value is -0.920. The number of nitrogens with one attached hydrogen (secondary N) is 2. The normalized spacial score (nSPS) is 16.7. The van der Waals surface area contributed by atoms with Gasteiger partial charge in [0.05, 0.1) is 11.4 Å². The molecule has 0 aliphatic heterocycles. The van der Waals surface area contributed by atoms with E-state index in [1.165, 1.54) is 31.2 Å². The van der Waals surface area contributed by atoms with Gasteiger partial charge in [-0.3, -0.25) is 5.10 Å². The summed E-state index contributed by atoms with van der Waals surface area (Å²) in [5, 5.41) is 10.1. The molecule has 0 atom stereocenters. The van der Waals surface area contributed by atoms with E-state index in [9.17, 15) is 8.42 Å². The van der Waals surface area contributed by atoms with Gasteiger partial charge in [0.2, 0.25) is 10.0 Å². The van der Waals surface area contributed by atoms with Crippen molar-refractivity contribution in [3.63, 3.8) is 0 Å². The van der Waals surface area contributed by atoms with Crippen molar-refractivity contribution >= 4 is 10.0 Å². The van der Waals surface area contributed by atoms with Crippen molar-refractivity contribution in [2.45, 2.75) is 37.2 Å². The average Bonchev–Trinajstić information content (AvgIpc) is 2.99. The van der Waals surface area contributed by atoms with Crippen LogP contribution in [0, 0.1) is 6.92 Å². The Labute approximate surface area is 101 Å². The van der Waals surface area contributed by atoms with Crippen LogP contribution in [0.25, 0.3) is 0 Å². The van der Waals surface area contributed by atoms with Crippen molar-refractivity contribution in [1.82, 2.24) is 19.8 Å². The number of hydrogen-bond donors (Lipinski definition) is 2. The van der Waals surface area contributed by atoms with Crippen molar-refractivity contribution in [3.05, 3.63) is 11.4 Å². The van der Waals surface area contributed by atoms with E-state index in [0.717, 1.165) is 0 Å². The SMILES string of the molecule is Cc1[nH]nc(CNC2CC2)c1S(=O)(=O)N(C)C. The van der Waals surface area contributed by atoms with Crippen LogP contribution in [0.4, 0.5) is 0 Å². The molecule has 6 nitrogen and oxygen atoms in total. The molecule has 17 heavy (non-hydrogen) atoms. The van der Waals surface area contributed by atoms with E-state index in [0.29, 0.717) is 28.9 Å². The van der Waals surface area contributed by atoms with Crippen molar-refractivity contribution in [3.8, 4) is 0 Å². The summed E-state index contributed by atoms with van der Waals surface area (Å²) in [6, 6.07) is 0.530. The summed E-state index contributed by atoms with van der Waals surface area (Å²) >= 11 is 0. The highest BCUT2D eigenvalue weighted by molar-refractivity contribution is 7.89. The first-order chi connectivity index (χ1) is 7.93. The summed E-state index contributed by atoms with van der Waals surface area (Å²) in [5.74, 6) is 0.